The van der Waals surface area contributed by atoms with Crippen molar-refractivity contribution in [1.29, 1.82) is 5.26 Å². The average molecular weight is 346 g/mol. The van der Waals surface area contributed by atoms with Gasteiger partial charge in [-0.2, -0.15) is 5.26 Å². The molecule has 0 spiro atoms. The van der Waals surface area contributed by atoms with E-state index < -0.39 is 11.7 Å². The minimum atomic E-state index is -0.531. The van der Waals surface area contributed by atoms with E-state index in [4.69, 9.17) is 9.47 Å². The third-order valence-corrected chi connectivity index (χ3v) is 3.72. The number of nitrogens with one attached hydrogen (secondary N) is 1. The maximum Gasteiger partial charge on any atom is 0.407 e. The fraction of sp³-hybridized carbons (Fsp3) is 0.600. The van der Waals surface area contributed by atoms with Gasteiger partial charge in [0.2, 0.25) is 0 Å². The van der Waals surface area contributed by atoms with Crippen LogP contribution in [0.4, 0.5) is 4.79 Å². The van der Waals surface area contributed by atoms with Gasteiger partial charge in [-0.25, -0.2) is 4.79 Å². The number of nitriles is 1. The lowest BCUT2D eigenvalue weighted by Gasteiger charge is -2.22. The van der Waals surface area contributed by atoms with E-state index in [1.165, 1.54) is 0 Å². The first-order chi connectivity index (χ1) is 11.7. The summed E-state index contributed by atoms with van der Waals surface area (Å²) in [5.41, 5.74) is 2.06. The van der Waals surface area contributed by atoms with Crippen molar-refractivity contribution in [3.05, 3.63) is 28.8 Å². The number of carbonyl (C=O) groups is 1. The fourth-order valence-corrected chi connectivity index (χ4v) is 2.58. The summed E-state index contributed by atoms with van der Waals surface area (Å²) in [7, 11) is 1.63. The van der Waals surface area contributed by atoms with Crippen molar-refractivity contribution in [3.63, 3.8) is 0 Å². The highest BCUT2D eigenvalue weighted by molar-refractivity contribution is 5.68. The molecule has 0 aromatic heterocycles. The largest absolute Gasteiger partial charge is 0.496 e. The van der Waals surface area contributed by atoms with Crippen LogP contribution in [0.25, 0.3) is 0 Å². The molecule has 0 heterocycles. The first-order valence-corrected chi connectivity index (χ1v) is 8.79. The Morgan fingerprint density at radius 2 is 2.00 bits per heavy atom. The molecule has 138 valence electrons. The molecule has 1 atom stereocenters. The topological polar surface area (TPSA) is 71.3 Å². The summed E-state index contributed by atoms with van der Waals surface area (Å²) in [4.78, 5) is 11.9. The number of rotatable bonds is 7. The van der Waals surface area contributed by atoms with E-state index >= 15 is 0 Å². The quantitative estimate of drug-likeness (QED) is 0.796. The van der Waals surface area contributed by atoms with Gasteiger partial charge in [-0.15, -0.1) is 0 Å². The van der Waals surface area contributed by atoms with Crippen molar-refractivity contribution < 1.29 is 14.3 Å². The molecule has 25 heavy (non-hydrogen) atoms. The van der Waals surface area contributed by atoms with Crippen LogP contribution in [0, 0.1) is 11.3 Å². The SMILES string of the molecule is CCCCc1cc(OC)c(CC(C)NC(=O)OC(C)(C)C)cc1C#N. The Balaban J connectivity index is 2.90. The minimum absolute atomic E-state index is 0.142. The van der Waals surface area contributed by atoms with Gasteiger partial charge in [0, 0.05) is 6.04 Å². The lowest BCUT2D eigenvalue weighted by molar-refractivity contribution is 0.0508. The molecule has 1 aromatic rings. The van der Waals surface area contributed by atoms with Crippen LogP contribution < -0.4 is 10.1 Å². The Hall–Kier alpha value is -2.22. The Kier molecular flexibility index (Phi) is 7.76. The highest BCUT2D eigenvalue weighted by atomic mass is 16.6. The molecule has 0 bridgehead atoms. The first kappa shape index (κ1) is 20.8. The second-order valence-corrected chi connectivity index (χ2v) is 7.29. The number of nitrogens with zero attached hydrogens (tertiary/aromatic N) is 1. The number of unbranched alkanes of at least 4 members (excludes halogenated alkanes) is 1. The Morgan fingerprint density at radius 3 is 2.52 bits per heavy atom. The molecular formula is C20H30N2O3. The number of benzene rings is 1. The first-order valence-electron chi connectivity index (χ1n) is 8.79. The Labute approximate surface area is 151 Å². The van der Waals surface area contributed by atoms with Crippen LogP contribution in [-0.4, -0.2) is 24.8 Å². The zero-order valence-electron chi connectivity index (χ0n) is 16.2. The lowest BCUT2D eigenvalue weighted by atomic mass is 9.96. The van der Waals surface area contributed by atoms with Crippen molar-refractivity contribution in [1.82, 2.24) is 5.32 Å². The van der Waals surface area contributed by atoms with Crippen molar-refractivity contribution in [3.8, 4) is 11.8 Å². The molecule has 0 aliphatic heterocycles. The second kappa shape index (κ2) is 9.31. The maximum absolute atomic E-state index is 11.9. The smallest absolute Gasteiger partial charge is 0.407 e. The minimum Gasteiger partial charge on any atom is -0.496 e. The van der Waals surface area contributed by atoms with Crippen LogP contribution in [0.15, 0.2) is 12.1 Å². The summed E-state index contributed by atoms with van der Waals surface area (Å²) in [5, 5.41) is 12.3. The third-order valence-electron chi connectivity index (χ3n) is 3.72. The van der Waals surface area contributed by atoms with E-state index in [0.29, 0.717) is 12.0 Å². The van der Waals surface area contributed by atoms with Gasteiger partial charge >= 0.3 is 6.09 Å². The number of methoxy groups -OCH3 is 1. The van der Waals surface area contributed by atoms with E-state index in [-0.39, 0.29) is 6.04 Å². The van der Waals surface area contributed by atoms with Crippen LogP contribution in [0.2, 0.25) is 0 Å². The van der Waals surface area contributed by atoms with Crippen LogP contribution in [0.1, 0.15) is 64.2 Å². The highest BCUT2D eigenvalue weighted by Crippen LogP contribution is 2.26. The molecule has 0 saturated heterocycles. The molecule has 0 radical (unpaired) electrons. The van der Waals surface area contributed by atoms with Gasteiger partial charge in [0.25, 0.3) is 0 Å². The molecule has 1 rings (SSSR count). The normalized spacial score (nSPS) is 12.2. The maximum atomic E-state index is 11.9. The van der Waals surface area contributed by atoms with Crippen LogP contribution in [0.5, 0.6) is 5.75 Å². The van der Waals surface area contributed by atoms with Gasteiger partial charge in [0.1, 0.15) is 11.4 Å². The van der Waals surface area contributed by atoms with Crippen molar-refractivity contribution in [2.75, 3.05) is 7.11 Å². The average Bonchev–Trinajstić information content (AvgIpc) is 2.50. The van der Waals surface area contributed by atoms with E-state index in [0.717, 1.165) is 36.1 Å². The van der Waals surface area contributed by atoms with Crippen molar-refractivity contribution >= 4 is 6.09 Å². The third kappa shape index (κ3) is 7.04. The van der Waals surface area contributed by atoms with Crippen molar-refractivity contribution in [2.24, 2.45) is 0 Å². The molecular weight excluding hydrogens is 316 g/mol. The molecule has 5 heteroatoms. The van der Waals surface area contributed by atoms with Crippen molar-refractivity contribution in [2.45, 2.75) is 71.9 Å². The lowest BCUT2D eigenvalue weighted by Crippen LogP contribution is -2.38. The second-order valence-electron chi connectivity index (χ2n) is 7.29. The number of aryl methyl sites for hydroxylation is 1. The van der Waals surface area contributed by atoms with Gasteiger partial charge in [-0.3, -0.25) is 0 Å². The fourth-order valence-electron chi connectivity index (χ4n) is 2.58. The van der Waals surface area contributed by atoms with Crippen LogP contribution >= 0.6 is 0 Å². The predicted octanol–water partition coefficient (Wildman–Crippen LogP) is 4.37. The number of amides is 1. The zero-order chi connectivity index (χ0) is 19.0. The molecule has 1 unspecified atom stereocenters. The molecule has 0 saturated carbocycles. The summed E-state index contributed by atoms with van der Waals surface area (Å²) >= 11 is 0. The summed E-state index contributed by atoms with van der Waals surface area (Å²) in [6.45, 7) is 9.51. The van der Waals surface area contributed by atoms with Gasteiger partial charge in [0.15, 0.2) is 0 Å². The summed E-state index contributed by atoms with van der Waals surface area (Å²) in [6.07, 6.45) is 3.09. The molecule has 1 aromatic carbocycles. The van der Waals surface area contributed by atoms with Crippen LogP contribution in [-0.2, 0) is 17.6 Å². The van der Waals surface area contributed by atoms with E-state index in [1.54, 1.807) is 7.11 Å². The highest BCUT2D eigenvalue weighted by Gasteiger charge is 2.19. The number of hydrogen-bond donors (Lipinski definition) is 1. The van der Waals surface area contributed by atoms with Crippen LogP contribution in [0.3, 0.4) is 0 Å². The number of alkyl carbamates (subject to hydrolysis) is 1. The van der Waals surface area contributed by atoms with E-state index in [2.05, 4.69) is 18.3 Å². The van der Waals surface area contributed by atoms with E-state index in [1.807, 2.05) is 39.8 Å². The molecule has 0 aliphatic carbocycles. The summed E-state index contributed by atoms with van der Waals surface area (Å²) < 4.78 is 10.8. The standard InChI is InChI=1S/C20H30N2O3/c1-7-8-9-15-12-18(24-6)16(11-17(15)13-21)10-14(2)22-19(23)25-20(3,4)5/h11-12,14H,7-10H2,1-6H3,(H,22,23). The molecule has 5 nitrogen and oxygen atoms in total. The monoisotopic (exact) mass is 346 g/mol. The summed E-state index contributed by atoms with van der Waals surface area (Å²) in [6, 6.07) is 5.95. The number of carbonyl (C=O) groups excluding carboxylic acids is 1. The summed E-state index contributed by atoms with van der Waals surface area (Å²) in [5.74, 6) is 0.753. The van der Waals surface area contributed by atoms with Gasteiger partial charge < -0.3 is 14.8 Å². The Morgan fingerprint density at radius 1 is 1.32 bits per heavy atom. The van der Waals surface area contributed by atoms with Gasteiger partial charge in [-0.1, -0.05) is 13.3 Å². The molecule has 0 fully saturated rings. The van der Waals surface area contributed by atoms with E-state index in [9.17, 15) is 10.1 Å². The van der Waals surface area contributed by atoms with Gasteiger partial charge in [0.05, 0.1) is 18.7 Å². The zero-order valence-corrected chi connectivity index (χ0v) is 16.2. The number of hydrogen-bond acceptors (Lipinski definition) is 4. The predicted molar refractivity (Wildman–Crippen MR) is 98.9 cm³/mol. The molecule has 1 amide bonds. The number of ether oxygens (including phenoxy) is 2. The molecule has 1 N–H and O–H groups in total. The van der Waals surface area contributed by atoms with Gasteiger partial charge in [-0.05, 0) is 70.2 Å². The molecule has 0 aliphatic rings. The Bertz CT molecular complexity index is 627.